The SMILES string of the molecule is CC(C(=O)Nc1ccc(Cl)c(C(F)(F)F)c1)N1CCN(C)CC1. The average molecular weight is 350 g/mol. The van der Waals surface area contributed by atoms with E-state index in [2.05, 4.69) is 10.2 Å². The number of carbonyl (C=O) groups is 1. The van der Waals surface area contributed by atoms with Gasteiger partial charge in [-0.15, -0.1) is 0 Å². The summed E-state index contributed by atoms with van der Waals surface area (Å²) in [6.07, 6.45) is -4.55. The van der Waals surface area contributed by atoms with Crippen molar-refractivity contribution in [3.05, 3.63) is 28.8 Å². The summed E-state index contributed by atoms with van der Waals surface area (Å²) in [5.74, 6) is -0.329. The Morgan fingerprint density at radius 3 is 2.43 bits per heavy atom. The number of piperazine rings is 1. The minimum atomic E-state index is -4.55. The number of anilines is 1. The molecule has 0 bridgehead atoms. The van der Waals surface area contributed by atoms with Crippen LogP contribution in [-0.4, -0.2) is 55.0 Å². The van der Waals surface area contributed by atoms with Gasteiger partial charge >= 0.3 is 6.18 Å². The zero-order valence-corrected chi connectivity index (χ0v) is 13.7. The van der Waals surface area contributed by atoms with Crippen molar-refractivity contribution < 1.29 is 18.0 Å². The Kier molecular flexibility index (Phi) is 5.54. The Morgan fingerprint density at radius 2 is 1.87 bits per heavy atom. The molecule has 1 fully saturated rings. The standard InChI is InChI=1S/C15H19ClF3N3O/c1-10(22-7-5-21(2)6-8-22)14(23)20-11-3-4-13(16)12(9-11)15(17,18)19/h3-4,9-10H,5-8H2,1-2H3,(H,20,23). The van der Waals surface area contributed by atoms with Gasteiger partial charge in [0.25, 0.3) is 0 Å². The van der Waals surface area contributed by atoms with E-state index in [0.717, 1.165) is 38.3 Å². The third-order valence-electron chi connectivity index (χ3n) is 4.00. The molecule has 23 heavy (non-hydrogen) atoms. The fourth-order valence-electron chi connectivity index (χ4n) is 2.44. The number of halogens is 4. The van der Waals surface area contributed by atoms with E-state index < -0.39 is 17.8 Å². The lowest BCUT2D eigenvalue weighted by Gasteiger charge is -2.35. The lowest BCUT2D eigenvalue weighted by Crippen LogP contribution is -2.51. The van der Waals surface area contributed by atoms with Crippen molar-refractivity contribution in [3.8, 4) is 0 Å². The van der Waals surface area contributed by atoms with Crippen molar-refractivity contribution >= 4 is 23.2 Å². The molecule has 8 heteroatoms. The molecule has 1 aromatic carbocycles. The van der Waals surface area contributed by atoms with E-state index in [1.165, 1.54) is 6.07 Å². The van der Waals surface area contributed by atoms with Crippen LogP contribution >= 0.6 is 11.6 Å². The number of alkyl halides is 3. The van der Waals surface area contributed by atoms with Crippen LogP contribution in [0.5, 0.6) is 0 Å². The Bertz CT molecular complexity index is 572. The summed E-state index contributed by atoms with van der Waals surface area (Å²) in [5, 5.41) is 2.15. The summed E-state index contributed by atoms with van der Waals surface area (Å²) < 4.78 is 38.5. The zero-order chi connectivity index (χ0) is 17.2. The highest BCUT2D eigenvalue weighted by Crippen LogP contribution is 2.36. The lowest BCUT2D eigenvalue weighted by molar-refractivity contribution is -0.137. The molecular weight excluding hydrogens is 331 g/mol. The molecule has 0 aliphatic carbocycles. The molecule has 1 amide bonds. The second kappa shape index (κ2) is 7.07. The number of rotatable bonds is 3. The molecule has 2 rings (SSSR count). The van der Waals surface area contributed by atoms with Crippen molar-refractivity contribution in [1.82, 2.24) is 9.80 Å². The molecule has 1 saturated heterocycles. The summed E-state index contributed by atoms with van der Waals surface area (Å²) in [6, 6.07) is 2.96. The number of carbonyl (C=O) groups excluding carboxylic acids is 1. The van der Waals surface area contributed by atoms with E-state index in [1.807, 2.05) is 11.9 Å². The van der Waals surface area contributed by atoms with Crippen LogP contribution in [0.4, 0.5) is 18.9 Å². The molecule has 4 nitrogen and oxygen atoms in total. The first-order valence-corrected chi connectivity index (χ1v) is 7.66. The Balaban J connectivity index is 2.05. The quantitative estimate of drug-likeness (QED) is 0.911. The molecule has 1 unspecified atom stereocenters. The number of hydrogen-bond donors (Lipinski definition) is 1. The number of benzene rings is 1. The number of nitrogens with zero attached hydrogens (tertiary/aromatic N) is 2. The van der Waals surface area contributed by atoms with Crippen LogP contribution in [0.3, 0.4) is 0 Å². The third kappa shape index (κ3) is 4.59. The van der Waals surface area contributed by atoms with E-state index in [9.17, 15) is 18.0 Å². The van der Waals surface area contributed by atoms with Crippen LogP contribution in [0.15, 0.2) is 18.2 Å². The Hall–Kier alpha value is -1.31. The van der Waals surface area contributed by atoms with E-state index in [-0.39, 0.29) is 16.6 Å². The monoisotopic (exact) mass is 349 g/mol. The number of nitrogens with one attached hydrogen (secondary N) is 1. The van der Waals surface area contributed by atoms with Gasteiger partial charge in [0.1, 0.15) is 0 Å². The predicted molar refractivity (Wildman–Crippen MR) is 83.6 cm³/mol. The predicted octanol–water partition coefficient (Wildman–Crippen LogP) is 2.93. The van der Waals surface area contributed by atoms with Gasteiger partial charge in [-0.25, -0.2) is 0 Å². The smallest absolute Gasteiger partial charge is 0.325 e. The van der Waals surface area contributed by atoms with Crippen molar-refractivity contribution in [3.63, 3.8) is 0 Å². The van der Waals surface area contributed by atoms with Crippen LogP contribution in [0.2, 0.25) is 5.02 Å². The van der Waals surface area contributed by atoms with Crippen molar-refractivity contribution in [1.29, 1.82) is 0 Å². The zero-order valence-electron chi connectivity index (χ0n) is 13.0. The highest BCUT2D eigenvalue weighted by molar-refractivity contribution is 6.31. The highest BCUT2D eigenvalue weighted by Gasteiger charge is 2.33. The Labute approximate surface area is 138 Å². The molecule has 1 N–H and O–H groups in total. The average Bonchev–Trinajstić information content (AvgIpc) is 2.48. The molecule has 1 aliphatic rings. The van der Waals surface area contributed by atoms with Gasteiger partial charge < -0.3 is 10.2 Å². The van der Waals surface area contributed by atoms with E-state index in [4.69, 9.17) is 11.6 Å². The van der Waals surface area contributed by atoms with E-state index in [0.29, 0.717) is 0 Å². The molecule has 0 spiro atoms. The molecule has 128 valence electrons. The van der Waals surface area contributed by atoms with Gasteiger partial charge in [0.2, 0.25) is 5.91 Å². The molecule has 1 aromatic rings. The van der Waals surface area contributed by atoms with Gasteiger partial charge in [0, 0.05) is 31.9 Å². The Morgan fingerprint density at radius 1 is 1.26 bits per heavy atom. The molecule has 1 atom stereocenters. The van der Waals surface area contributed by atoms with E-state index in [1.54, 1.807) is 6.92 Å². The second-order valence-corrected chi connectivity index (χ2v) is 6.10. The molecule has 0 saturated carbocycles. The highest BCUT2D eigenvalue weighted by atomic mass is 35.5. The maximum Gasteiger partial charge on any atom is 0.417 e. The van der Waals surface area contributed by atoms with Crippen molar-refractivity contribution in [2.75, 3.05) is 38.5 Å². The maximum atomic E-state index is 12.8. The summed E-state index contributed by atoms with van der Waals surface area (Å²) in [5.41, 5.74) is -0.864. The molecule has 0 radical (unpaired) electrons. The van der Waals surface area contributed by atoms with Gasteiger partial charge in [-0.05, 0) is 32.2 Å². The van der Waals surface area contributed by atoms with Crippen LogP contribution in [0.1, 0.15) is 12.5 Å². The third-order valence-corrected chi connectivity index (χ3v) is 4.33. The summed E-state index contributed by atoms with van der Waals surface area (Å²) >= 11 is 5.57. The molecule has 0 aromatic heterocycles. The minimum absolute atomic E-state index is 0.0905. The molecular formula is C15H19ClF3N3O. The van der Waals surface area contributed by atoms with Crippen LogP contribution in [-0.2, 0) is 11.0 Å². The first kappa shape index (κ1) is 18.0. The fraction of sp³-hybridized carbons (Fsp3) is 0.533. The van der Waals surface area contributed by atoms with E-state index >= 15 is 0 Å². The minimum Gasteiger partial charge on any atom is -0.325 e. The van der Waals surface area contributed by atoms with Gasteiger partial charge in [-0.2, -0.15) is 13.2 Å². The van der Waals surface area contributed by atoms with Crippen molar-refractivity contribution in [2.45, 2.75) is 19.1 Å². The first-order chi connectivity index (χ1) is 10.7. The number of hydrogen-bond acceptors (Lipinski definition) is 3. The van der Waals surface area contributed by atoms with Crippen molar-refractivity contribution in [2.24, 2.45) is 0 Å². The van der Waals surface area contributed by atoms with Crippen LogP contribution in [0, 0.1) is 0 Å². The summed E-state index contributed by atoms with van der Waals surface area (Å²) in [7, 11) is 2.01. The molecule has 1 heterocycles. The fourth-order valence-corrected chi connectivity index (χ4v) is 2.67. The maximum absolute atomic E-state index is 12.8. The second-order valence-electron chi connectivity index (χ2n) is 5.70. The largest absolute Gasteiger partial charge is 0.417 e. The number of likely N-dealkylation sites (N-methyl/N-ethyl adjacent to an activating group) is 1. The topological polar surface area (TPSA) is 35.6 Å². The normalized spacial score (nSPS) is 18.7. The van der Waals surface area contributed by atoms with Crippen LogP contribution in [0.25, 0.3) is 0 Å². The lowest BCUT2D eigenvalue weighted by atomic mass is 10.1. The van der Waals surface area contributed by atoms with Gasteiger partial charge in [-0.1, -0.05) is 11.6 Å². The molecule has 1 aliphatic heterocycles. The van der Waals surface area contributed by atoms with Gasteiger partial charge in [0.05, 0.1) is 16.6 Å². The number of amides is 1. The van der Waals surface area contributed by atoms with Gasteiger partial charge in [-0.3, -0.25) is 9.69 Å². The summed E-state index contributed by atoms with van der Waals surface area (Å²) in [6.45, 7) is 4.97. The van der Waals surface area contributed by atoms with Gasteiger partial charge in [0.15, 0.2) is 0 Å². The summed E-state index contributed by atoms with van der Waals surface area (Å²) in [4.78, 5) is 16.4. The van der Waals surface area contributed by atoms with Crippen LogP contribution < -0.4 is 5.32 Å². The first-order valence-electron chi connectivity index (χ1n) is 7.28.